The van der Waals surface area contributed by atoms with Gasteiger partial charge in [0.05, 0.1) is 0 Å². The zero-order valence-corrected chi connectivity index (χ0v) is 20.7. The SMILES string of the molecule is CC(C)C(C)N(Cc1cc(NC(=O)C2CCCC2)ccc1N(C)C)C(=O)NC(C)(C)C. The van der Waals surface area contributed by atoms with Crippen LogP contribution in [0.25, 0.3) is 0 Å². The summed E-state index contributed by atoms with van der Waals surface area (Å²) in [6.45, 7) is 12.8. The summed E-state index contributed by atoms with van der Waals surface area (Å²) in [5, 5.41) is 6.22. The van der Waals surface area contributed by atoms with E-state index < -0.39 is 0 Å². The Bertz CT molecular complexity index is 761. The average molecular weight is 431 g/mol. The van der Waals surface area contributed by atoms with E-state index in [1.54, 1.807) is 0 Å². The number of urea groups is 1. The van der Waals surface area contributed by atoms with Crippen LogP contribution in [0.3, 0.4) is 0 Å². The third-order valence-corrected chi connectivity index (χ3v) is 6.09. The van der Waals surface area contributed by atoms with Gasteiger partial charge < -0.3 is 20.4 Å². The molecule has 2 rings (SSSR count). The summed E-state index contributed by atoms with van der Waals surface area (Å²) in [5.41, 5.74) is 2.55. The molecule has 1 fully saturated rings. The lowest BCUT2D eigenvalue weighted by Gasteiger charge is -2.35. The lowest BCUT2D eigenvalue weighted by molar-refractivity contribution is -0.119. The second kappa shape index (κ2) is 10.4. The summed E-state index contributed by atoms with van der Waals surface area (Å²) in [7, 11) is 4.00. The zero-order valence-electron chi connectivity index (χ0n) is 20.7. The highest BCUT2D eigenvalue weighted by atomic mass is 16.2. The molecule has 0 radical (unpaired) electrons. The second-order valence-corrected chi connectivity index (χ2v) is 10.5. The molecule has 0 bridgehead atoms. The van der Waals surface area contributed by atoms with Gasteiger partial charge in [0.1, 0.15) is 0 Å². The number of nitrogens with zero attached hydrogens (tertiary/aromatic N) is 2. The van der Waals surface area contributed by atoms with Crippen LogP contribution < -0.4 is 15.5 Å². The van der Waals surface area contributed by atoms with Gasteiger partial charge in [0.25, 0.3) is 0 Å². The molecule has 0 heterocycles. The van der Waals surface area contributed by atoms with E-state index in [2.05, 4.69) is 36.3 Å². The number of carbonyl (C=O) groups excluding carboxylic acids is 2. The van der Waals surface area contributed by atoms with Gasteiger partial charge in [-0.25, -0.2) is 4.79 Å². The fourth-order valence-electron chi connectivity index (χ4n) is 4.00. The molecule has 3 amide bonds. The molecule has 1 saturated carbocycles. The van der Waals surface area contributed by atoms with Gasteiger partial charge in [-0.2, -0.15) is 0 Å². The number of anilines is 2. The summed E-state index contributed by atoms with van der Waals surface area (Å²) < 4.78 is 0. The molecule has 1 aromatic carbocycles. The first-order valence-electron chi connectivity index (χ1n) is 11.6. The predicted molar refractivity (Wildman–Crippen MR) is 129 cm³/mol. The zero-order chi connectivity index (χ0) is 23.3. The van der Waals surface area contributed by atoms with Gasteiger partial charge in [0, 0.05) is 49.5 Å². The maximum absolute atomic E-state index is 13.2. The Hall–Kier alpha value is -2.24. The molecule has 0 aliphatic heterocycles. The summed E-state index contributed by atoms with van der Waals surface area (Å²) in [5.74, 6) is 0.546. The van der Waals surface area contributed by atoms with Crippen molar-refractivity contribution in [1.82, 2.24) is 10.2 Å². The van der Waals surface area contributed by atoms with Gasteiger partial charge in [0.2, 0.25) is 5.91 Å². The van der Waals surface area contributed by atoms with E-state index in [1.807, 2.05) is 58.0 Å². The van der Waals surface area contributed by atoms with Crippen molar-refractivity contribution < 1.29 is 9.59 Å². The minimum absolute atomic E-state index is 0.0640. The van der Waals surface area contributed by atoms with Crippen LogP contribution in [0.4, 0.5) is 16.2 Å². The Kier molecular flexibility index (Phi) is 8.38. The molecule has 0 spiro atoms. The quantitative estimate of drug-likeness (QED) is 0.622. The number of nitrogens with one attached hydrogen (secondary N) is 2. The highest BCUT2D eigenvalue weighted by Crippen LogP contribution is 2.29. The molecule has 1 unspecified atom stereocenters. The molecule has 1 aromatic rings. The van der Waals surface area contributed by atoms with E-state index in [1.165, 1.54) is 0 Å². The van der Waals surface area contributed by atoms with Crippen LogP contribution >= 0.6 is 0 Å². The molecule has 0 aromatic heterocycles. The Morgan fingerprint density at radius 2 is 1.71 bits per heavy atom. The number of hydrogen-bond donors (Lipinski definition) is 2. The van der Waals surface area contributed by atoms with Crippen LogP contribution in [0.5, 0.6) is 0 Å². The predicted octanol–water partition coefficient (Wildman–Crippen LogP) is 5.24. The standard InChI is InChI=1S/C25H42N4O2/c1-17(2)18(3)29(24(31)27-25(4,5)6)16-20-15-21(13-14-22(20)28(7)8)26-23(30)19-11-9-10-12-19/h13-15,17-19H,9-12,16H2,1-8H3,(H,26,30)(H,27,31). The van der Waals surface area contributed by atoms with Crippen LogP contribution in [-0.2, 0) is 11.3 Å². The van der Waals surface area contributed by atoms with E-state index >= 15 is 0 Å². The minimum atomic E-state index is -0.312. The summed E-state index contributed by atoms with van der Waals surface area (Å²) in [6.07, 6.45) is 4.21. The Labute approximate surface area is 188 Å². The van der Waals surface area contributed by atoms with Crippen molar-refractivity contribution in [3.8, 4) is 0 Å². The monoisotopic (exact) mass is 430 g/mol. The second-order valence-electron chi connectivity index (χ2n) is 10.5. The third kappa shape index (κ3) is 7.15. The van der Waals surface area contributed by atoms with Crippen LogP contribution in [0.15, 0.2) is 18.2 Å². The van der Waals surface area contributed by atoms with Crippen LogP contribution in [0.2, 0.25) is 0 Å². The van der Waals surface area contributed by atoms with Gasteiger partial charge in [-0.1, -0.05) is 26.7 Å². The lowest BCUT2D eigenvalue weighted by Crippen LogP contribution is -2.52. The Morgan fingerprint density at radius 3 is 2.23 bits per heavy atom. The van der Waals surface area contributed by atoms with Crippen molar-refractivity contribution in [3.05, 3.63) is 23.8 Å². The molecule has 0 saturated heterocycles. The van der Waals surface area contributed by atoms with Crippen molar-refractivity contribution in [1.29, 1.82) is 0 Å². The number of rotatable bonds is 7. The fraction of sp³-hybridized carbons (Fsp3) is 0.680. The summed E-state index contributed by atoms with van der Waals surface area (Å²) in [6, 6.07) is 6.00. The number of hydrogen-bond acceptors (Lipinski definition) is 3. The van der Waals surface area contributed by atoms with E-state index in [0.717, 1.165) is 42.6 Å². The molecular weight excluding hydrogens is 388 g/mol. The molecule has 31 heavy (non-hydrogen) atoms. The highest BCUT2D eigenvalue weighted by Gasteiger charge is 2.27. The number of amides is 3. The van der Waals surface area contributed by atoms with Crippen molar-refractivity contribution in [2.75, 3.05) is 24.3 Å². The smallest absolute Gasteiger partial charge is 0.318 e. The van der Waals surface area contributed by atoms with Gasteiger partial charge in [0.15, 0.2) is 0 Å². The first-order valence-corrected chi connectivity index (χ1v) is 11.6. The van der Waals surface area contributed by atoms with Crippen LogP contribution in [-0.4, -0.2) is 42.5 Å². The number of carbonyl (C=O) groups is 2. The van der Waals surface area contributed by atoms with Crippen molar-refractivity contribution in [3.63, 3.8) is 0 Å². The molecule has 2 N–H and O–H groups in total. The molecule has 1 atom stereocenters. The first-order chi connectivity index (χ1) is 14.4. The summed E-state index contributed by atoms with van der Waals surface area (Å²) in [4.78, 5) is 29.7. The van der Waals surface area contributed by atoms with Crippen LogP contribution in [0.1, 0.15) is 72.8 Å². The lowest BCUT2D eigenvalue weighted by atomic mass is 10.0. The molecular formula is C25H42N4O2. The fourth-order valence-corrected chi connectivity index (χ4v) is 4.00. The topological polar surface area (TPSA) is 64.7 Å². The van der Waals surface area contributed by atoms with Crippen molar-refractivity contribution in [2.45, 2.75) is 85.4 Å². The Balaban J connectivity index is 2.32. The van der Waals surface area contributed by atoms with E-state index in [4.69, 9.17) is 0 Å². The minimum Gasteiger partial charge on any atom is -0.377 e. The van der Waals surface area contributed by atoms with Crippen molar-refractivity contribution >= 4 is 23.3 Å². The molecule has 6 nitrogen and oxygen atoms in total. The van der Waals surface area contributed by atoms with Gasteiger partial charge in [-0.15, -0.1) is 0 Å². The average Bonchev–Trinajstić information content (AvgIpc) is 3.18. The maximum atomic E-state index is 13.2. The van der Waals surface area contributed by atoms with Gasteiger partial charge in [-0.3, -0.25) is 4.79 Å². The van der Waals surface area contributed by atoms with Crippen LogP contribution in [0, 0.1) is 11.8 Å². The highest BCUT2D eigenvalue weighted by molar-refractivity contribution is 5.93. The third-order valence-electron chi connectivity index (χ3n) is 6.09. The molecule has 1 aliphatic rings. The number of benzene rings is 1. The van der Waals surface area contributed by atoms with E-state index in [-0.39, 0.29) is 29.4 Å². The van der Waals surface area contributed by atoms with E-state index in [9.17, 15) is 9.59 Å². The summed E-state index contributed by atoms with van der Waals surface area (Å²) >= 11 is 0. The first kappa shape index (κ1) is 25.0. The van der Waals surface area contributed by atoms with Gasteiger partial charge >= 0.3 is 6.03 Å². The molecule has 6 heteroatoms. The molecule has 1 aliphatic carbocycles. The van der Waals surface area contributed by atoms with Gasteiger partial charge in [-0.05, 0) is 70.2 Å². The maximum Gasteiger partial charge on any atom is 0.318 e. The van der Waals surface area contributed by atoms with E-state index in [0.29, 0.717) is 12.5 Å². The largest absolute Gasteiger partial charge is 0.377 e. The Morgan fingerprint density at radius 1 is 1.10 bits per heavy atom. The van der Waals surface area contributed by atoms with Crippen molar-refractivity contribution in [2.24, 2.45) is 11.8 Å². The normalized spacial score (nSPS) is 15.6. The molecule has 174 valence electrons.